The van der Waals surface area contributed by atoms with Gasteiger partial charge in [-0.05, 0) is 36.8 Å². The van der Waals surface area contributed by atoms with Crippen molar-refractivity contribution in [1.82, 2.24) is 9.88 Å². The van der Waals surface area contributed by atoms with Crippen LogP contribution in [0.5, 0.6) is 0 Å². The van der Waals surface area contributed by atoms with E-state index in [4.69, 9.17) is 5.73 Å². The van der Waals surface area contributed by atoms with Crippen molar-refractivity contribution in [3.05, 3.63) is 53.0 Å². The van der Waals surface area contributed by atoms with Crippen LogP contribution in [0.1, 0.15) is 16.8 Å². The van der Waals surface area contributed by atoms with E-state index in [0.717, 1.165) is 6.07 Å². The smallest absolute Gasteiger partial charge is 0.384 e. The summed E-state index contributed by atoms with van der Waals surface area (Å²) in [5.74, 6) is -1.10. The zero-order chi connectivity index (χ0) is 18.8. The van der Waals surface area contributed by atoms with E-state index in [1.807, 2.05) is 0 Å². The number of carbonyl (C=O) groups is 1. The maximum Gasteiger partial charge on any atom is 0.419 e. The number of rotatable bonds is 3. The van der Waals surface area contributed by atoms with Crippen molar-refractivity contribution in [3.63, 3.8) is 0 Å². The molecule has 0 saturated heterocycles. The Hall–Kier alpha value is -2.84. The normalized spacial score (nSPS) is 11.3. The number of anilines is 2. The molecule has 0 saturated carbocycles. The van der Waals surface area contributed by atoms with Crippen LogP contribution in [0.3, 0.4) is 0 Å². The molecule has 25 heavy (non-hydrogen) atoms. The van der Waals surface area contributed by atoms with Crippen LogP contribution in [0.4, 0.5) is 33.9 Å². The van der Waals surface area contributed by atoms with Gasteiger partial charge >= 0.3 is 12.2 Å². The Kier molecular flexibility index (Phi) is 5.15. The SMILES string of the molecule is Cc1cc(F)c(C(F)(F)F)cc1NC(=O)N(C)Cc1cccc(N)n1. The lowest BCUT2D eigenvalue weighted by molar-refractivity contribution is -0.139. The summed E-state index contributed by atoms with van der Waals surface area (Å²) in [5.41, 5.74) is 4.69. The maximum absolute atomic E-state index is 13.5. The molecular formula is C16H16F4N4O. The number of nitrogen functional groups attached to an aromatic ring is 1. The van der Waals surface area contributed by atoms with E-state index in [9.17, 15) is 22.4 Å². The molecule has 0 unspecified atom stereocenters. The number of urea groups is 1. The summed E-state index contributed by atoms with van der Waals surface area (Å²) in [6, 6.07) is 5.57. The number of hydrogen-bond acceptors (Lipinski definition) is 3. The summed E-state index contributed by atoms with van der Waals surface area (Å²) in [6.45, 7) is 1.50. The van der Waals surface area contributed by atoms with Crippen LogP contribution >= 0.6 is 0 Å². The number of alkyl halides is 3. The Morgan fingerprint density at radius 1 is 1.32 bits per heavy atom. The second kappa shape index (κ2) is 6.96. The van der Waals surface area contributed by atoms with Crippen LogP contribution in [0, 0.1) is 12.7 Å². The molecule has 1 heterocycles. The third-order valence-electron chi connectivity index (χ3n) is 3.44. The van der Waals surface area contributed by atoms with Crippen LogP contribution < -0.4 is 11.1 Å². The Morgan fingerprint density at radius 3 is 2.60 bits per heavy atom. The first-order chi connectivity index (χ1) is 11.6. The largest absolute Gasteiger partial charge is 0.419 e. The number of hydrogen-bond donors (Lipinski definition) is 2. The van der Waals surface area contributed by atoms with Gasteiger partial charge in [-0.15, -0.1) is 0 Å². The molecule has 2 amide bonds. The summed E-state index contributed by atoms with van der Waals surface area (Å²) >= 11 is 0. The van der Waals surface area contributed by atoms with Gasteiger partial charge in [0.2, 0.25) is 0 Å². The number of aromatic nitrogens is 1. The quantitative estimate of drug-likeness (QED) is 0.822. The van der Waals surface area contributed by atoms with E-state index in [1.165, 1.54) is 18.9 Å². The minimum absolute atomic E-state index is 0.100. The van der Waals surface area contributed by atoms with Crippen LogP contribution in [0.2, 0.25) is 0 Å². The molecular weight excluding hydrogens is 340 g/mol. The lowest BCUT2D eigenvalue weighted by atomic mass is 10.1. The van der Waals surface area contributed by atoms with Crippen molar-refractivity contribution in [2.75, 3.05) is 18.1 Å². The molecule has 0 aliphatic carbocycles. The van der Waals surface area contributed by atoms with Gasteiger partial charge in [0.05, 0.1) is 17.8 Å². The molecule has 5 nitrogen and oxygen atoms in total. The van der Waals surface area contributed by atoms with Crippen molar-refractivity contribution >= 4 is 17.5 Å². The molecule has 2 rings (SSSR count). The van der Waals surface area contributed by atoms with E-state index in [0.29, 0.717) is 11.8 Å². The number of benzene rings is 1. The summed E-state index contributed by atoms with van der Waals surface area (Å²) in [7, 11) is 1.45. The number of pyridine rings is 1. The van der Waals surface area contributed by atoms with Gasteiger partial charge in [-0.1, -0.05) is 6.07 Å². The maximum atomic E-state index is 13.5. The fraction of sp³-hybridized carbons (Fsp3) is 0.250. The highest BCUT2D eigenvalue weighted by Crippen LogP contribution is 2.34. The predicted molar refractivity (Wildman–Crippen MR) is 85.3 cm³/mol. The predicted octanol–water partition coefficient (Wildman–Crippen LogP) is 3.79. The minimum atomic E-state index is -4.85. The fourth-order valence-electron chi connectivity index (χ4n) is 2.14. The number of aryl methyl sites for hydroxylation is 1. The Morgan fingerprint density at radius 2 is 2.00 bits per heavy atom. The lowest BCUT2D eigenvalue weighted by Crippen LogP contribution is -2.31. The standard InChI is InChI=1S/C16H16F4N4O/c1-9-6-12(17)11(16(18,19)20)7-13(9)23-15(25)24(2)8-10-4-3-5-14(21)22-10/h3-7H,8H2,1-2H3,(H2,21,22)(H,23,25). The molecule has 0 bridgehead atoms. The average molecular weight is 356 g/mol. The molecule has 0 aliphatic rings. The summed E-state index contributed by atoms with van der Waals surface area (Å²) < 4.78 is 51.9. The third kappa shape index (κ3) is 4.59. The molecule has 9 heteroatoms. The molecule has 0 spiro atoms. The van der Waals surface area contributed by atoms with Gasteiger partial charge in [0.1, 0.15) is 11.6 Å². The monoisotopic (exact) mass is 356 g/mol. The number of carbonyl (C=O) groups excluding carboxylic acids is 1. The van der Waals surface area contributed by atoms with Crippen molar-refractivity contribution in [2.45, 2.75) is 19.6 Å². The first kappa shape index (κ1) is 18.5. The molecule has 3 N–H and O–H groups in total. The van der Waals surface area contributed by atoms with Gasteiger partial charge in [-0.2, -0.15) is 13.2 Å². The van der Waals surface area contributed by atoms with E-state index in [-0.39, 0.29) is 23.6 Å². The molecule has 1 aromatic carbocycles. The van der Waals surface area contributed by atoms with Crippen LogP contribution in [0.25, 0.3) is 0 Å². The second-order valence-corrected chi connectivity index (χ2v) is 5.48. The van der Waals surface area contributed by atoms with Crippen molar-refractivity contribution < 1.29 is 22.4 Å². The highest BCUT2D eigenvalue weighted by molar-refractivity contribution is 5.90. The zero-order valence-electron chi connectivity index (χ0n) is 13.5. The zero-order valence-corrected chi connectivity index (χ0v) is 13.5. The number of nitrogens with one attached hydrogen (secondary N) is 1. The summed E-state index contributed by atoms with van der Waals surface area (Å²) in [5, 5.41) is 2.35. The Bertz CT molecular complexity index is 792. The topological polar surface area (TPSA) is 71.2 Å². The third-order valence-corrected chi connectivity index (χ3v) is 3.44. The van der Waals surface area contributed by atoms with Gasteiger partial charge in [0.15, 0.2) is 0 Å². The van der Waals surface area contributed by atoms with Crippen molar-refractivity contribution in [1.29, 1.82) is 0 Å². The molecule has 1 aromatic heterocycles. The number of halogens is 4. The first-order valence-electron chi connectivity index (χ1n) is 7.19. The molecule has 0 fully saturated rings. The summed E-state index contributed by atoms with van der Waals surface area (Å²) in [4.78, 5) is 17.4. The van der Waals surface area contributed by atoms with Gasteiger partial charge in [0, 0.05) is 12.7 Å². The average Bonchev–Trinajstić information content (AvgIpc) is 2.48. The van der Waals surface area contributed by atoms with Crippen LogP contribution in [0.15, 0.2) is 30.3 Å². The lowest BCUT2D eigenvalue weighted by Gasteiger charge is -2.19. The van der Waals surface area contributed by atoms with E-state index >= 15 is 0 Å². The van der Waals surface area contributed by atoms with Gasteiger partial charge in [0.25, 0.3) is 0 Å². The summed E-state index contributed by atoms with van der Waals surface area (Å²) in [6.07, 6.45) is -4.85. The molecule has 2 aromatic rings. The van der Waals surface area contributed by atoms with Crippen molar-refractivity contribution in [3.8, 4) is 0 Å². The molecule has 0 aliphatic heterocycles. The highest BCUT2D eigenvalue weighted by atomic mass is 19.4. The molecule has 0 atom stereocenters. The van der Waals surface area contributed by atoms with E-state index < -0.39 is 23.6 Å². The van der Waals surface area contributed by atoms with Gasteiger partial charge in [-0.25, -0.2) is 14.2 Å². The Labute approximate surface area is 141 Å². The second-order valence-electron chi connectivity index (χ2n) is 5.48. The number of nitrogens with zero attached hydrogens (tertiary/aromatic N) is 2. The number of amides is 2. The van der Waals surface area contributed by atoms with Crippen LogP contribution in [-0.2, 0) is 12.7 Å². The Balaban J connectivity index is 2.17. The molecule has 134 valence electrons. The van der Waals surface area contributed by atoms with Gasteiger partial charge in [-0.3, -0.25) is 0 Å². The minimum Gasteiger partial charge on any atom is -0.384 e. The van der Waals surface area contributed by atoms with E-state index in [2.05, 4.69) is 10.3 Å². The fourth-order valence-corrected chi connectivity index (χ4v) is 2.14. The van der Waals surface area contributed by atoms with Crippen molar-refractivity contribution in [2.24, 2.45) is 0 Å². The first-order valence-corrected chi connectivity index (χ1v) is 7.19. The highest BCUT2D eigenvalue weighted by Gasteiger charge is 2.35. The number of nitrogens with two attached hydrogens (primary N) is 1. The molecule has 0 radical (unpaired) electrons. The van der Waals surface area contributed by atoms with Crippen LogP contribution in [-0.4, -0.2) is 23.0 Å². The van der Waals surface area contributed by atoms with Gasteiger partial charge < -0.3 is 16.0 Å². The van der Waals surface area contributed by atoms with E-state index in [1.54, 1.807) is 18.2 Å².